The van der Waals surface area contributed by atoms with Gasteiger partial charge in [-0.2, -0.15) is 0 Å². The van der Waals surface area contributed by atoms with Crippen LogP contribution < -0.4 is 15.4 Å². The van der Waals surface area contributed by atoms with Gasteiger partial charge in [0.25, 0.3) is 0 Å². The number of carbonyl (C=O) groups is 1. The second-order valence-electron chi connectivity index (χ2n) is 7.24. The predicted molar refractivity (Wildman–Crippen MR) is 114 cm³/mol. The third-order valence-electron chi connectivity index (χ3n) is 5.05. The van der Waals surface area contributed by atoms with Crippen molar-refractivity contribution in [1.29, 1.82) is 0 Å². The van der Waals surface area contributed by atoms with E-state index in [-0.39, 0.29) is 29.8 Å². The molecule has 0 radical (unpaired) electrons. The molecule has 1 fully saturated rings. The van der Waals surface area contributed by atoms with Gasteiger partial charge in [0.05, 0.1) is 29.3 Å². The fourth-order valence-corrected chi connectivity index (χ4v) is 4.50. The van der Waals surface area contributed by atoms with E-state index in [2.05, 4.69) is 15.4 Å². The van der Waals surface area contributed by atoms with Crippen LogP contribution in [0.4, 0.5) is 14.9 Å². The van der Waals surface area contributed by atoms with E-state index in [9.17, 15) is 22.7 Å². The van der Waals surface area contributed by atoms with Crippen LogP contribution in [0.2, 0.25) is 0 Å². The maximum absolute atomic E-state index is 13.7. The molecular formula is C21H26FN3O5S. The minimum Gasteiger partial charge on any atom is -0.394 e. The van der Waals surface area contributed by atoms with Crippen molar-refractivity contribution < 1.29 is 27.4 Å². The molecule has 0 unspecified atom stereocenters. The highest BCUT2D eigenvalue weighted by atomic mass is 32.2. The third-order valence-corrected chi connectivity index (χ3v) is 6.52. The fourth-order valence-electron chi connectivity index (χ4n) is 3.44. The molecule has 10 heteroatoms. The molecule has 0 spiro atoms. The lowest BCUT2D eigenvalue weighted by molar-refractivity contribution is -0.0884. The van der Waals surface area contributed by atoms with Gasteiger partial charge in [-0.3, -0.25) is 0 Å². The van der Waals surface area contributed by atoms with Crippen LogP contribution in [0.3, 0.4) is 0 Å². The van der Waals surface area contributed by atoms with Gasteiger partial charge in [-0.05, 0) is 43.5 Å². The van der Waals surface area contributed by atoms with Crippen molar-refractivity contribution in [2.45, 2.75) is 42.4 Å². The van der Waals surface area contributed by atoms with E-state index in [4.69, 9.17) is 4.74 Å². The van der Waals surface area contributed by atoms with Crippen molar-refractivity contribution in [3.8, 4) is 0 Å². The van der Waals surface area contributed by atoms with Gasteiger partial charge in [0.15, 0.2) is 0 Å². The summed E-state index contributed by atoms with van der Waals surface area (Å²) in [5.74, 6) is -0.547. The SMILES string of the molecule is O=C(Nc1ccccc1F)N[C@@H]1CC[C@@H](CCNS(=O)(=O)c2ccccc2)O[C@H]1CO. The molecule has 2 aromatic carbocycles. The van der Waals surface area contributed by atoms with Crippen LogP contribution in [0.25, 0.3) is 0 Å². The molecule has 3 rings (SSSR count). The highest BCUT2D eigenvalue weighted by Gasteiger charge is 2.32. The maximum atomic E-state index is 13.7. The highest BCUT2D eigenvalue weighted by molar-refractivity contribution is 7.89. The minimum atomic E-state index is -3.59. The molecule has 3 atom stereocenters. The number of hydrogen-bond donors (Lipinski definition) is 4. The van der Waals surface area contributed by atoms with Crippen LogP contribution in [-0.4, -0.2) is 51.0 Å². The van der Waals surface area contributed by atoms with Crippen LogP contribution >= 0.6 is 0 Å². The number of amides is 2. The number of nitrogens with one attached hydrogen (secondary N) is 3. The lowest BCUT2D eigenvalue weighted by atomic mass is 9.97. The maximum Gasteiger partial charge on any atom is 0.319 e. The molecule has 0 aromatic heterocycles. The van der Waals surface area contributed by atoms with Gasteiger partial charge >= 0.3 is 6.03 Å². The zero-order valence-corrected chi connectivity index (χ0v) is 17.6. The number of para-hydroxylation sites is 1. The number of benzene rings is 2. The summed E-state index contributed by atoms with van der Waals surface area (Å²) in [4.78, 5) is 12.4. The molecule has 4 N–H and O–H groups in total. The largest absolute Gasteiger partial charge is 0.394 e. The molecule has 0 bridgehead atoms. The average molecular weight is 452 g/mol. The van der Waals surface area contributed by atoms with Gasteiger partial charge < -0.3 is 20.5 Å². The number of urea groups is 1. The zero-order valence-electron chi connectivity index (χ0n) is 16.8. The standard InChI is InChI=1S/C21H26FN3O5S/c22-17-8-4-5-9-18(17)24-21(27)25-19-11-10-15(30-20(19)14-26)12-13-23-31(28,29)16-6-2-1-3-7-16/h1-9,15,19-20,23,26H,10-14H2,(H2,24,25,27)/t15-,19+,20-/m0/s1. The number of halogens is 1. The molecule has 1 heterocycles. The van der Waals surface area contributed by atoms with Gasteiger partial charge in [-0.15, -0.1) is 0 Å². The van der Waals surface area contributed by atoms with Crippen molar-refractivity contribution in [2.24, 2.45) is 0 Å². The summed E-state index contributed by atoms with van der Waals surface area (Å²) in [5, 5.41) is 14.8. The number of aliphatic hydroxyl groups is 1. The molecule has 1 saturated heterocycles. The molecule has 168 valence electrons. The van der Waals surface area contributed by atoms with Crippen molar-refractivity contribution in [3.63, 3.8) is 0 Å². The van der Waals surface area contributed by atoms with Crippen molar-refractivity contribution in [2.75, 3.05) is 18.5 Å². The van der Waals surface area contributed by atoms with Crippen molar-refractivity contribution in [3.05, 3.63) is 60.4 Å². The number of ether oxygens (including phenoxy) is 1. The monoisotopic (exact) mass is 451 g/mol. The Balaban J connectivity index is 1.47. The Labute approximate surface area is 180 Å². The minimum absolute atomic E-state index is 0.0563. The molecule has 2 aromatic rings. The Morgan fingerprint density at radius 1 is 1.10 bits per heavy atom. The molecule has 1 aliphatic heterocycles. The van der Waals surface area contributed by atoms with E-state index in [0.717, 1.165) is 0 Å². The Bertz CT molecular complexity index is 974. The quantitative estimate of drug-likeness (QED) is 0.491. The molecule has 1 aliphatic rings. The first-order chi connectivity index (χ1) is 14.9. The summed E-state index contributed by atoms with van der Waals surface area (Å²) >= 11 is 0. The number of anilines is 1. The van der Waals surface area contributed by atoms with Crippen LogP contribution in [-0.2, 0) is 14.8 Å². The molecule has 0 aliphatic carbocycles. The predicted octanol–water partition coefficient (Wildman–Crippen LogP) is 2.22. The topological polar surface area (TPSA) is 117 Å². The van der Waals surface area contributed by atoms with Gasteiger partial charge in [0, 0.05) is 6.54 Å². The van der Waals surface area contributed by atoms with Gasteiger partial charge in [-0.25, -0.2) is 22.3 Å². The van der Waals surface area contributed by atoms with Crippen LogP contribution in [0.5, 0.6) is 0 Å². The molecule has 31 heavy (non-hydrogen) atoms. The molecule has 0 saturated carbocycles. The Morgan fingerprint density at radius 3 is 2.52 bits per heavy atom. The lowest BCUT2D eigenvalue weighted by Crippen LogP contribution is -2.52. The molecular weight excluding hydrogens is 425 g/mol. The lowest BCUT2D eigenvalue weighted by Gasteiger charge is -2.36. The van der Waals surface area contributed by atoms with E-state index in [1.165, 1.54) is 30.3 Å². The summed E-state index contributed by atoms with van der Waals surface area (Å²) in [6.45, 7) is -0.122. The molecule has 8 nitrogen and oxygen atoms in total. The normalized spacial score (nSPS) is 21.4. The fraction of sp³-hybridized carbons (Fsp3) is 0.381. The molecule has 2 amide bonds. The summed E-state index contributed by atoms with van der Waals surface area (Å²) in [5.41, 5.74) is 0.0563. The Morgan fingerprint density at radius 2 is 1.81 bits per heavy atom. The number of sulfonamides is 1. The van der Waals surface area contributed by atoms with Crippen LogP contribution in [0, 0.1) is 5.82 Å². The summed E-state index contributed by atoms with van der Waals surface area (Å²) in [6.07, 6.45) is 0.635. The summed E-state index contributed by atoms with van der Waals surface area (Å²) in [6, 6.07) is 12.9. The second kappa shape index (κ2) is 10.7. The van der Waals surface area contributed by atoms with E-state index in [1.54, 1.807) is 24.3 Å². The van der Waals surface area contributed by atoms with Gasteiger partial charge in [0.2, 0.25) is 10.0 Å². The van der Waals surface area contributed by atoms with Gasteiger partial charge in [0.1, 0.15) is 11.9 Å². The number of aliphatic hydroxyl groups excluding tert-OH is 1. The number of rotatable bonds is 8. The van der Waals surface area contributed by atoms with Crippen LogP contribution in [0.1, 0.15) is 19.3 Å². The highest BCUT2D eigenvalue weighted by Crippen LogP contribution is 2.22. The van der Waals surface area contributed by atoms with Crippen molar-refractivity contribution >= 4 is 21.7 Å². The van der Waals surface area contributed by atoms with Crippen LogP contribution in [0.15, 0.2) is 59.5 Å². The average Bonchev–Trinajstić information content (AvgIpc) is 2.77. The summed E-state index contributed by atoms with van der Waals surface area (Å²) in [7, 11) is -3.59. The van der Waals surface area contributed by atoms with E-state index >= 15 is 0 Å². The Hall–Kier alpha value is -2.53. The second-order valence-corrected chi connectivity index (χ2v) is 9.01. The van der Waals surface area contributed by atoms with Crippen molar-refractivity contribution in [1.82, 2.24) is 10.0 Å². The van der Waals surface area contributed by atoms with E-state index in [0.29, 0.717) is 19.3 Å². The number of carbonyl (C=O) groups excluding carboxylic acids is 1. The number of hydrogen-bond acceptors (Lipinski definition) is 5. The Kier molecular flexibility index (Phi) is 7.97. The van der Waals surface area contributed by atoms with Gasteiger partial charge in [-0.1, -0.05) is 30.3 Å². The smallest absolute Gasteiger partial charge is 0.319 e. The van der Waals surface area contributed by atoms with E-state index in [1.807, 2.05) is 0 Å². The first kappa shape index (κ1) is 23.1. The zero-order chi connectivity index (χ0) is 22.3. The van der Waals surface area contributed by atoms with E-state index < -0.39 is 34.0 Å². The first-order valence-electron chi connectivity index (χ1n) is 10.0. The first-order valence-corrected chi connectivity index (χ1v) is 11.5. The third kappa shape index (κ3) is 6.47. The summed E-state index contributed by atoms with van der Waals surface area (Å²) < 4.78 is 46.6.